The molecule has 1 aromatic carbocycles. The van der Waals surface area contributed by atoms with Crippen molar-refractivity contribution in [2.75, 3.05) is 5.32 Å². The first kappa shape index (κ1) is 14.0. The van der Waals surface area contributed by atoms with E-state index >= 15 is 0 Å². The molecular formula is C14H17NO3. The van der Waals surface area contributed by atoms with E-state index in [0.29, 0.717) is 16.8 Å². The highest BCUT2D eigenvalue weighted by molar-refractivity contribution is 6.04. The Morgan fingerprint density at radius 1 is 1.39 bits per heavy atom. The van der Waals surface area contributed by atoms with Crippen molar-refractivity contribution in [3.05, 3.63) is 41.0 Å². The monoisotopic (exact) mass is 247 g/mol. The van der Waals surface area contributed by atoms with Crippen LogP contribution >= 0.6 is 0 Å². The number of hydrogen-bond donors (Lipinski definition) is 2. The molecule has 0 bridgehead atoms. The maximum absolute atomic E-state index is 11.8. The number of hydrogen-bond acceptors (Lipinski definition) is 2. The molecule has 1 amide bonds. The molecule has 0 aromatic heterocycles. The van der Waals surface area contributed by atoms with Crippen LogP contribution in [-0.4, -0.2) is 17.0 Å². The number of carboxylic acid groups (broad SMARTS) is 1. The molecular weight excluding hydrogens is 230 g/mol. The molecule has 0 saturated carbocycles. The highest BCUT2D eigenvalue weighted by Crippen LogP contribution is 2.19. The first-order chi connectivity index (χ1) is 8.47. The Kier molecular flexibility index (Phi) is 4.66. The number of allylic oxidation sites excluding steroid dienone is 1. The summed E-state index contributed by atoms with van der Waals surface area (Å²) in [5, 5.41) is 11.7. The largest absolute Gasteiger partial charge is 0.478 e. The Bertz CT molecular complexity index is 504. The van der Waals surface area contributed by atoms with Gasteiger partial charge in [0.25, 0.3) is 5.91 Å². The predicted molar refractivity (Wildman–Crippen MR) is 70.8 cm³/mol. The zero-order valence-electron chi connectivity index (χ0n) is 10.8. The van der Waals surface area contributed by atoms with E-state index in [0.717, 1.165) is 6.42 Å². The maximum atomic E-state index is 11.8. The minimum Gasteiger partial charge on any atom is -0.478 e. The molecule has 0 aliphatic heterocycles. The van der Waals surface area contributed by atoms with E-state index in [1.165, 1.54) is 6.07 Å². The SMILES string of the molecule is CCC=C(C)C(=O)Nc1cccc(C(=O)O)c1C. The molecule has 0 unspecified atom stereocenters. The van der Waals surface area contributed by atoms with Gasteiger partial charge >= 0.3 is 5.97 Å². The number of nitrogens with one attached hydrogen (secondary N) is 1. The number of carbonyl (C=O) groups is 2. The highest BCUT2D eigenvalue weighted by atomic mass is 16.4. The van der Waals surface area contributed by atoms with Crippen molar-refractivity contribution in [3.63, 3.8) is 0 Å². The standard InChI is InChI=1S/C14H17NO3/c1-4-6-9(2)13(16)15-12-8-5-7-11(10(12)3)14(17)18/h5-8H,4H2,1-3H3,(H,15,16)(H,17,18). The van der Waals surface area contributed by atoms with E-state index in [9.17, 15) is 9.59 Å². The van der Waals surface area contributed by atoms with E-state index in [2.05, 4.69) is 5.32 Å². The van der Waals surface area contributed by atoms with E-state index in [4.69, 9.17) is 5.11 Å². The van der Waals surface area contributed by atoms with Crippen molar-refractivity contribution < 1.29 is 14.7 Å². The average molecular weight is 247 g/mol. The summed E-state index contributed by atoms with van der Waals surface area (Å²) in [6, 6.07) is 4.83. The van der Waals surface area contributed by atoms with Crippen molar-refractivity contribution in [1.82, 2.24) is 0 Å². The number of benzene rings is 1. The molecule has 1 rings (SSSR count). The van der Waals surface area contributed by atoms with Crippen molar-refractivity contribution >= 4 is 17.6 Å². The van der Waals surface area contributed by atoms with Crippen LogP contribution in [0.2, 0.25) is 0 Å². The van der Waals surface area contributed by atoms with E-state index < -0.39 is 5.97 Å². The molecule has 0 heterocycles. The summed E-state index contributed by atoms with van der Waals surface area (Å²) in [5.41, 5.74) is 1.91. The van der Waals surface area contributed by atoms with Gasteiger partial charge in [-0.25, -0.2) is 4.79 Å². The smallest absolute Gasteiger partial charge is 0.336 e. The van der Waals surface area contributed by atoms with Gasteiger partial charge in [-0.2, -0.15) is 0 Å². The van der Waals surface area contributed by atoms with Crippen LogP contribution in [0.5, 0.6) is 0 Å². The summed E-state index contributed by atoms with van der Waals surface area (Å²) < 4.78 is 0. The Morgan fingerprint density at radius 2 is 2.06 bits per heavy atom. The van der Waals surface area contributed by atoms with Gasteiger partial charge in [-0.1, -0.05) is 19.1 Å². The Balaban J connectivity index is 2.99. The average Bonchev–Trinajstić information content (AvgIpc) is 2.31. The van der Waals surface area contributed by atoms with Crippen LogP contribution in [0.1, 0.15) is 36.2 Å². The van der Waals surface area contributed by atoms with Gasteiger partial charge in [-0.05, 0) is 38.0 Å². The van der Waals surface area contributed by atoms with Crippen LogP contribution < -0.4 is 5.32 Å². The zero-order chi connectivity index (χ0) is 13.7. The van der Waals surface area contributed by atoms with Crippen molar-refractivity contribution in [2.24, 2.45) is 0 Å². The molecule has 0 aliphatic rings. The third-order valence-corrected chi connectivity index (χ3v) is 2.68. The summed E-state index contributed by atoms with van der Waals surface area (Å²) >= 11 is 0. The second kappa shape index (κ2) is 6.00. The van der Waals surface area contributed by atoms with Gasteiger partial charge in [0.1, 0.15) is 0 Å². The topological polar surface area (TPSA) is 66.4 Å². The lowest BCUT2D eigenvalue weighted by molar-refractivity contribution is -0.112. The van der Waals surface area contributed by atoms with Crippen molar-refractivity contribution in [3.8, 4) is 0 Å². The Hall–Kier alpha value is -2.10. The Labute approximate surface area is 106 Å². The maximum Gasteiger partial charge on any atom is 0.336 e. The van der Waals surface area contributed by atoms with Gasteiger partial charge in [0, 0.05) is 11.3 Å². The Morgan fingerprint density at radius 3 is 2.61 bits per heavy atom. The summed E-state index contributed by atoms with van der Waals surface area (Å²) in [4.78, 5) is 22.8. The van der Waals surface area contributed by atoms with Crippen LogP contribution in [0.4, 0.5) is 5.69 Å². The number of carbonyl (C=O) groups excluding carboxylic acids is 1. The summed E-state index contributed by atoms with van der Waals surface area (Å²) in [5.74, 6) is -1.20. The van der Waals surface area contributed by atoms with E-state index in [-0.39, 0.29) is 11.5 Å². The summed E-state index contributed by atoms with van der Waals surface area (Å²) in [6.45, 7) is 5.36. The number of amides is 1. The number of anilines is 1. The molecule has 0 atom stereocenters. The lowest BCUT2D eigenvalue weighted by Crippen LogP contribution is -2.14. The predicted octanol–water partition coefficient (Wildman–Crippen LogP) is 2.99. The second-order valence-electron chi connectivity index (χ2n) is 4.03. The molecule has 0 fully saturated rings. The summed E-state index contributed by atoms with van der Waals surface area (Å²) in [6.07, 6.45) is 2.61. The fraction of sp³-hybridized carbons (Fsp3) is 0.286. The molecule has 18 heavy (non-hydrogen) atoms. The molecule has 4 nitrogen and oxygen atoms in total. The number of carboxylic acids is 1. The quantitative estimate of drug-likeness (QED) is 0.804. The lowest BCUT2D eigenvalue weighted by Gasteiger charge is -2.10. The lowest BCUT2D eigenvalue weighted by atomic mass is 10.1. The van der Waals surface area contributed by atoms with Gasteiger partial charge in [0.05, 0.1) is 5.56 Å². The van der Waals surface area contributed by atoms with Crippen LogP contribution in [0, 0.1) is 6.92 Å². The van der Waals surface area contributed by atoms with Gasteiger partial charge < -0.3 is 10.4 Å². The first-order valence-corrected chi connectivity index (χ1v) is 5.78. The van der Waals surface area contributed by atoms with Crippen LogP contribution in [-0.2, 0) is 4.79 Å². The van der Waals surface area contributed by atoms with E-state index in [1.807, 2.05) is 13.0 Å². The minimum atomic E-state index is -0.996. The molecule has 0 saturated heterocycles. The molecule has 4 heteroatoms. The highest BCUT2D eigenvalue weighted by Gasteiger charge is 2.12. The zero-order valence-corrected chi connectivity index (χ0v) is 10.8. The van der Waals surface area contributed by atoms with Crippen molar-refractivity contribution in [2.45, 2.75) is 27.2 Å². The normalized spacial score (nSPS) is 11.2. The van der Waals surface area contributed by atoms with Gasteiger partial charge in [-0.15, -0.1) is 0 Å². The molecule has 0 spiro atoms. The molecule has 96 valence electrons. The van der Waals surface area contributed by atoms with Crippen molar-refractivity contribution in [1.29, 1.82) is 0 Å². The fourth-order valence-corrected chi connectivity index (χ4v) is 1.62. The first-order valence-electron chi connectivity index (χ1n) is 5.78. The van der Waals surface area contributed by atoms with E-state index in [1.54, 1.807) is 26.0 Å². The van der Waals surface area contributed by atoms with Gasteiger partial charge in [0.2, 0.25) is 0 Å². The number of aromatic carboxylic acids is 1. The van der Waals surface area contributed by atoms with Crippen LogP contribution in [0.25, 0.3) is 0 Å². The van der Waals surface area contributed by atoms with Crippen LogP contribution in [0.3, 0.4) is 0 Å². The van der Waals surface area contributed by atoms with Gasteiger partial charge in [-0.3, -0.25) is 4.79 Å². The molecule has 0 radical (unpaired) electrons. The van der Waals surface area contributed by atoms with Crippen LogP contribution in [0.15, 0.2) is 29.8 Å². The molecule has 0 aliphatic carbocycles. The number of rotatable bonds is 4. The third kappa shape index (κ3) is 3.20. The fourth-order valence-electron chi connectivity index (χ4n) is 1.62. The van der Waals surface area contributed by atoms with Gasteiger partial charge in [0.15, 0.2) is 0 Å². The second-order valence-corrected chi connectivity index (χ2v) is 4.03. The summed E-state index contributed by atoms with van der Waals surface area (Å²) in [7, 11) is 0. The molecule has 2 N–H and O–H groups in total. The molecule has 1 aromatic rings. The minimum absolute atomic E-state index is 0.199. The third-order valence-electron chi connectivity index (χ3n) is 2.68.